The van der Waals surface area contributed by atoms with Gasteiger partial charge in [0.15, 0.2) is 23.2 Å². The van der Waals surface area contributed by atoms with E-state index in [9.17, 15) is 14.8 Å². The number of aliphatic hydroxyl groups excluding tert-OH is 2. The molecular weight excluding hydrogens is 477 g/mol. The van der Waals surface area contributed by atoms with Crippen LogP contribution in [0, 0.1) is 0 Å². The SMILES string of the molecule is CC(Nc1nc(Cl)nc2c1ncn2[C@@H]1O[C@H](COOP(C)(=O)O)[C@@H](O)[C@H]1O)c1ccccc1. The lowest BCUT2D eigenvalue weighted by Gasteiger charge is -2.18. The summed E-state index contributed by atoms with van der Waals surface area (Å²) in [5, 5.41) is 24.1. The second-order valence-corrected chi connectivity index (χ2v) is 9.74. The molecule has 1 aromatic carbocycles. The van der Waals surface area contributed by atoms with Gasteiger partial charge in [-0.3, -0.25) is 9.13 Å². The predicted molar refractivity (Wildman–Crippen MR) is 118 cm³/mol. The second kappa shape index (κ2) is 9.61. The molecule has 1 saturated heterocycles. The number of hydrogen-bond acceptors (Lipinski definition) is 10. The number of imidazole rings is 1. The van der Waals surface area contributed by atoms with E-state index in [0.717, 1.165) is 12.2 Å². The molecule has 33 heavy (non-hydrogen) atoms. The fourth-order valence-corrected chi connectivity index (χ4v) is 3.92. The lowest BCUT2D eigenvalue weighted by Crippen LogP contribution is -2.33. The summed E-state index contributed by atoms with van der Waals surface area (Å²) in [6, 6.07) is 9.62. The number of anilines is 1. The molecule has 6 atom stereocenters. The number of aromatic nitrogens is 4. The maximum Gasteiger partial charge on any atom is 0.352 e. The Hall–Kier alpha value is -2.15. The number of rotatable bonds is 8. The van der Waals surface area contributed by atoms with Crippen molar-refractivity contribution in [2.75, 3.05) is 18.6 Å². The third kappa shape index (κ3) is 5.34. The molecule has 1 aliphatic heterocycles. The van der Waals surface area contributed by atoms with Crippen LogP contribution in [0.2, 0.25) is 5.28 Å². The van der Waals surface area contributed by atoms with Gasteiger partial charge in [0.05, 0.1) is 12.4 Å². The molecule has 0 bridgehead atoms. The summed E-state index contributed by atoms with van der Waals surface area (Å²) in [7, 11) is -3.87. The molecule has 2 aromatic heterocycles. The molecular formula is C19H23ClN5O7P. The zero-order valence-electron chi connectivity index (χ0n) is 17.6. The van der Waals surface area contributed by atoms with Gasteiger partial charge < -0.3 is 25.2 Å². The number of ether oxygens (including phenoxy) is 1. The van der Waals surface area contributed by atoms with Gasteiger partial charge in [-0.1, -0.05) is 30.3 Å². The van der Waals surface area contributed by atoms with Crippen molar-refractivity contribution in [3.63, 3.8) is 0 Å². The van der Waals surface area contributed by atoms with E-state index in [1.54, 1.807) is 0 Å². The number of hydrogen-bond donors (Lipinski definition) is 4. The normalized spacial score (nSPS) is 25.8. The predicted octanol–water partition coefficient (Wildman–Crippen LogP) is 2.04. The fraction of sp³-hybridized carbons (Fsp3) is 0.421. The Morgan fingerprint density at radius 2 is 2.00 bits per heavy atom. The van der Waals surface area contributed by atoms with Crippen molar-refractivity contribution in [2.24, 2.45) is 0 Å². The highest BCUT2D eigenvalue weighted by molar-refractivity contribution is 7.51. The highest BCUT2D eigenvalue weighted by Crippen LogP contribution is 2.38. The summed E-state index contributed by atoms with van der Waals surface area (Å²) in [5.74, 6) is 0.392. The number of fused-ring (bicyclic) bond motifs is 1. The molecule has 1 aliphatic rings. The monoisotopic (exact) mass is 499 g/mol. The Morgan fingerprint density at radius 3 is 2.70 bits per heavy atom. The number of benzene rings is 1. The van der Waals surface area contributed by atoms with Crippen LogP contribution < -0.4 is 5.32 Å². The highest BCUT2D eigenvalue weighted by atomic mass is 35.5. The van der Waals surface area contributed by atoms with E-state index in [2.05, 4.69) is 29.8 Å². The van der Waals surface area contributed by atoms with Crippen molar-refractivity contribution in [3.8, 4) is 0 Å². The van der Waals surface area contributed by atoms with E-state index in [0.29, 0.717) is 11.3 Å². The molecule has 0 aliphatic carbocycles. The van der Waals surface area contributed by atoms with Crippen LogP contribution in [-0.2, 0) is 18.9 Å². The van der Waals surface area contributed by atoms with Crippen molar-refractivity contribution < 1.29 is 34.0 Å². The van der Waals surface area contributed by atoms with Gasteiger partial charge in [0.25, 0.3) is 0 Å². The first-order chi connectivity index (χ1) is 15.6. The maximum atomic E-state index is 11.2. The second-order valence-electron chi connectivity index (χ2n) is 7.65. The number of nitrogens with one attached hydrogen (secondary N) is 1. The molecule has 14 heteroatoms. The quantitative estimate of drug-likeness (QED) is 0.155. The van der Waals surface area contributed by atoms with Crippen LogP contribution in [0.5, 0.6) is 0 Å². The fourth-order valence-electron chi connectivity index (χ4n) is 3.50. The van der Waals surface area contributed by atoms with Crippen LogP contribution in [0.1, 0.15) is 24.8 Å². The Labute approximate surface area is 193 Å². The average Bonchev–Trinajstić information content (AvgIpc) is 3.29. The molecule has 0 radical (unpaired) electrons. The largest absolute Gasteiger partial charge is 0.387 e. The minimum atomic E-state index is -3.87. The number of halogens is 1. The number of nitrogens with zero attached hydrogens (tertiary/aromatic N) is 4. The van der Waals surface area contributed by atoms with Crippen LogP contribution in [0.4, 0.5) is 5.82 Å². The topological polar surface area (TPSA) is 161 Å². The molecule has 2 unspecified atom stereocenters. The summed E-state index contributed by atoms with van der Waals surface area (Å²) in [4.78, 5) is 26.6. The van der Waals surface area contributed by atoms with Gasteiger partial charge in [-0.05, 0) is 24.1 Å². The van der Waals surface area contributed by atoms with Crippen LogP contribution in [0.25, 0.3) is 11.2 Å². The Bertz CT molecular complexity index is 1160. The van der Waals surface area contributed by atoms with Gasteiger partial charge in [0.1, 0.15) is 24.9 Å². The molecule has 0 saturated carbocycles. The molecule has 12 nitrogen and oxygen atoms in total. The first kappa shape index (κ1) is 24.0. The van der Waals surface area contributed by atoms with Gasteiger partial charge in [0.2, 0.25) is 5.28 Å². The Kier molecular flexibility index (Phi) is 6.99. The summed E-state index contributed by atoms with van der Waals surface area (Å²) in [6.07, 6.45) is -3.46. The minimum absolute atomic E-state index is 0.0463. The maximum absolute atomic E-state index is 11.2. The van der Waals surface area contributed by atoms with Gasteiger partial charge in [-0.15, -0.1) is 4.67 Å². The van der Waals surface area contributed by atoms with Crippen LogP contribution >= 0.6 is 19.2 Å². The van der Waals surface area contributed by atoms with E-state index in [1.165, 1.54) is 10.9 Å². The lowest BCUT2D eigenvalue weighted by molar-refractivity contribution is -0.238. The Balaban J connectivity index is 1.57. The minimum Gasteiger partial charge on any atom is -0.387 e. The summed E-state index contributed by atoms with van der Waals surface area (Å²) >= 11 is 6.15. The van der Waals surface area contributed by atoms with Gasteiger partial charge >= 0.3 is 7.60 Å². The number of aliphatic hydroxyl groups is 2. The summed E-state index contributed by atoms with van der Waals surface area (Å²) in [5.41, 5.74) is 1.70. The third-order valence-corrected chi connectivity index (χ3v) is 5.63. The molecule has 1 fully saturated rings. The zero-order chi connectivity index (χ0) is 23.8. The lowest BCUT2D eigenvalue weighted by atomic mass is 10.1. The summed E-state index contributed by atoms with van der Waals surface area (Å²) in [6.45, 7) is 2.52. The molecule has 4 rings (SSSR count). The van der Waals surface area contributed by atoms with Gasteiger partial charge in [-0.25, -0.2) is 9.87 Å². The summed E-state index contributed by atoms with van der Waals surface area (Å²) < 4.78 is 22.7. The molecule has 0 amide bonds. The highest BCUT2D eigenvalue weighted by Gasteiger charge is 2.45. The Morgan fingerprint density at radius 1 is 1.27 bits per heavy atom. The standard InChI is InChI=1S/C19H23ClN5O7P/c1-10(11-6-4-3-5-7-11)22-16-13-17(24-19(20)23-16)25(9-21-13)18-15(27)14(26)12(31-18)8-30-32-33(2,28)29/h3-7,9-10,12,14-15,18,26-27H,8H2,1-2H3,(H,28,29)(H,22,23,24)/t10?,12-,14-,15-,18-/m1/s1. The van der Waals surface area contributed by atoms with Crippen LogP contribution in [0.15, 0.2) is 36.7 Å². The third-order valence-electron chi connectivity index (χ3n) is 5.08. The van der Waals surface area contributed by atoms with E-state index in [4.69, 9.17) is 21.2 Å². The van der Waals surface area contributed by atoms with Crippen molar-refractivity contribution in [1.29, 1.82) is 0 Å². The van der Waals surface area contributed by atoms with Crippen LogP contribution in [-0.4, -0.2) is 66.2 Å². The average molecular weight is 500 g/mol. The van der Waals surface area contributed by atoms with Crippen molar-refractivity contribution in [3.05, 3.63) is 47.5 Å². The van der Waals surface area contributed by atoms with Gasteiger partial charge in [-0.2, -0.15) is 9.97 Å². The molecule has 0 spiro atoms. The first-order valence-electron chi connectivity index (χ1n) is 9.98. The first-order valence-corrected chi connectivity index (χ1v) is 12.4. The smallest absolute Gasteiger partial charge is 0.352 e. The molecule has 178 valence electrons. The zero-order valence-corrected chi connectivity index (χ0v) is 19.3. The van der Waals surface area contributed by atoms with Gasteiger partial charge in [0, 0.05) is 6.66 Å². The van der Waals surface area contributed by atoms with E-state index in [1.807, 2.05) is 37.3 Å². The van der Waals surface area contributed by atoms with Crippen molar-refractivity contribution >= 4 is 36.2 Å². The molecule has 3 heterocycles. The van der Waals surface area contributed by atoms with Crippen molar-refractivity contribution in [2.45, 2.75) is 37.5 Å². The van der Waals surface area contributed by atoms with Crippen molar-refractivity contribution in [1.82, 2.24) is 19.5 Å². The van der Waals surface area contributed by atoms with E-state index >= 15 is 0 Å². The van der Waals surface area contributed by atoms with Crippen LogP contribution in [0.3, 0.4) is 0 Å². The molecule has 4 N–H and O–H groups in total. The van der Waals surface area contributed by atoms with E-state index in [-0.39, 0.29) is 17.0 Å². The molecule has 3 aromatic rings. The van der Waals surface area contributed by atoms with E-state index < -0.39 is 38.7 Å².